The van der Waals surface area contributed by atoms with Crippen LogP contribution in [0.25, 0.3) is 0 Å². The second-order valence-corrected chi connectivity index (χ2v) is 4.41. The Bertz CT molecular complexity index is 592. The lowest BCUT2D eigenvalue weighted by atomic mass is 10.2. The first-order valence-electron chi connectivity index (χ1n) is 5.96. The summed E-state index contributed by atoms with van der Waals surface area (Å²) in [4.78, 5) is 11.0. The number of rotatable bonds is 4. The molecule has 0 radical (unpaired) electrons. The molecule has 2 rings (SSSR count). The molecular formula is C14H16FN3O. The van der Waals surface area contributed by atoms with Gasteiger partial charge in [0.25, 0.3) is 0 Å². The summed E-state index contributed by atoms with van der Waals surface area (Å²) in [5.41, 5.74) is 2.08. The fraction of sp³-hybridized carbons (Fsp3) is 0.214. The van der Waals surface area contributed by atoms with Gasteiger partial charge in [0.1, 0.15) is 5.82 Å². The maximum absolute atomic E-state index is 13.5. The van der Waals surface area contributed by atoms with E-state index in [-0.39, 0.29) is 11.6 Å². The number of carbonyl (C=O) groups excluding carboxylic acids is 1. The Labute approximate surface area is 111 Å². The lowest BCUT2D eigenvalue weighted by Crippen LogP contribution is -2.08. The standard InChI is InChI=1S/C14H16FN3O/c1-10(19)17-14-7-12(3-4-13(14)15)16-8-11-5-6-18(2)9-11/h3-7,9,16H,8H2,1-2H3,(H,17,19). The van der Waals surface area contributed by atoms with Gasteiger partial charge in [-0.3, -0.25) is 4.79 Å². The molecule has 5 heteroatoms. The van der Waals surface area contributed by atoms with E-state index in [0.717, 1.165) is 11.3 Å². The quantitative estimate of drug-likeness (QED) is 0.889. The SMILES string of the molecule is CC(=O)Nc1cc(NCc2ccn(C)c2)ccc1F. The van der Waals surface area contributed by atoms with Crippen molar-refractivity contribution in [2.24, 2.45) is 7.05 Å². The van der Waals surface area contributed by atoms with Crippen LogP contribution in [0, 0.1) is 5.82 Å². The Morgan fingerprint density at radius 1 is 1.37 bits per heavy atom. The van der Waals surface area contributed by atoms with Crippen LogP contribution in [-0.4, -0.2) is 10.5 Å². The van der Waals surface area contributed by atoms with Crippen molar-refractivity contribution in [1.29, 1.82) is 0 Å². The van der Waals surface area contributed by atoms with E-state index >= 15 is 0 Å². The highest BCUT2D eigenvalue weighted by Crippen LogP contribution is 2.20. The second kappa shape index (κ2) is 5.56. The summed E-state index contributed by atoms with van der Waals surface area (Å²) >= 11 is 0. The zero-order chi connectivity index (χ0) is 13.8. The second-order valence-electron chi connectivity index (χ2n) is 4.41. The number of aryl methyl sites for hydroxylation is 1. The average molecular weight is 261 g/mol. The van der Waals surface area contributed by atoms with E-state index in [0.29, 0.717) is 6.54 Å². The van der Waals surface area contributed by atoms with Crippen LogP contribution in [0.3, 0.4) is 0 Å². The van der Waals surface area contributed by atoms with Gasteiger partial charge in [-0.25, -0.2) is 4.39 Å². The van der Waals surface area contributed by atoms with Crippen molar-refractivity contribution in [2.45, 2.75) is 13.5 Å². The molecule has 2 N–H and O–H groups in total. The first-order chi connectivity index (χ1) is 9.04. The third kappa shape index (κ3) is 3.58. The van der Waals surface area contributed by atoms with Crippen LogP contribution < -0.4 is 10.6 Å². The summed E-state index contributed by atoms with van der Waals surface area (Å²) in [7, 11) is 1.95. The van der Waals surface area contributed by atoms with Crippen LogP contribution >= 0.6 is 0 Å². The number of anilines is 2. The van der Waals surface area contributed by atoms with Crippen molar-refractivity contribution in [1.82, 2.24) is 4.57 Å². The van der Waals surface area contributed by atoms with Gasteiger partial charge in [0.2, 0.25) is 5.91 Å². The molecule has 0 aliphatic carbocycles. The summed E-state index contributed by atoms with van der Waals surface area (Å²) in [5, 5.41) is 5.64. The van der Waals surface area contributed by atoms with Crippen LogP contribution in [0.4, 0.5) is 15.8 Å². The predicted molar refractivity (Wildman–Crippen MR) is 73.4 cm³/mol. The topological polar surface area (TPSA) is 46.1 Å². The van der Waals surface area contributed by atoms with Crippen molar-refractivity contribution in [3.63, 3.8) is 0 Å². The Balaban J connectivity index is 2.06. The third-order valence-electron chi connectivity index (χ3n) is 2.67. The van der Waals surface area contributed by atoms with Crippen LogP contribution in [-0.2, 0) is 18.4 Å². The predicted octanol–water partition coefficient (Wildman–Crippen LogP) is 2.73. The molecule has 1 heterocycles. The van der Waals surface area contributed by atoms with Gasteiger partial charge in [0, 0.05) is 38.6 Å². The summed E-state index contributed by atoms with van der Waals surface area (Å²) in [5.74, 6) is -0.737. The smallest absolute Gasteiger partial charge is 0.221 e. The maximum Gasteiger partial charge on any atom is 0.221 e. The molecule has 0 saturated carbocycles. The van der Waals surface area contributed by atoms with Gasteiger partial charge in [0.15, 0.2) is 0 Å². The van der Waals surface area contributed by atoms with Gasteiger partial charge < -0.3 is 15.2 Å². The number of nitrogens with zero attached hydrogens (tertiary/aromatic N) is 1. The van der Waals surface area contributed by atoms with E-state index in [1.165, 1.54) is 13.0 Å². The highest BCUT2D eigenvalue weighted by molar-refractivity contribution is 5.89. The van der Waals surface area contributed by atoms with Gasteiger partial charge in [-0.2, -0.15) is 0 Å². The van der Waals surface area contributed by atoms with Gasteiger partial charge in [-0.1, -0.05) is 0 Å². The number of halogens is 1. The van der Waals surface area contributed by atoms with Gasteiger partial charge in [-0.05, 0) is 29.8 Å². The minimum absolute atomic E-state index is 0.186. The third-order valence-corrected chi connectivity index (χ3v) is 2.67. The Morgan fingerprint density at radius 2 is 2.16 bits per heavy atom. The highest BCUT2D eigenvalue weighted by Gasteiger charge is 2.05. The summed E-state index contributed by atoms with van der Waals surface area (Å²) in [6.45, 7) is 2.00. The molecule has 2 aromatic rings. The minimum Gasteiger partial charge on any atom is -0.381 e. The van der Waals surface area contributed by atoms with Crippen LogP contribution in [0.1, 0.15) is 12.5 Å². The molecule has 0 unspecified atom stereocenters. The molecule has 0 fully saturated rings. The number of benzene rings is 1. The molecule has 0 saturated heterocycles. The Hall–Kier alpha value is -2.30. The first kappa shape index (κ1) is 13.1. The van der Waals surface area contributed by atoms with Gasteiger partial charge in [0.05, 0.1) is 5.69 Å². The fourth-order valence-electron chi connectivity index (χ4n) is 1.79. The molecule has 0 bridgehead atoms. The molecule has 0 aliphatic heterocycles. The minimum atomic E-state index is -0.444. The molecule has 0 spiro atoms. The molecule has 1 aromatic carbocycles. The van der Waals surface area contributed by atoms with E-state index in [9.17, 15) is 9.18 Å². The van der Waals surface area contributed by atoms with E-state index < -0.39 is 5.82 Å². The van der Waals surface area contributed by atoms with Crippen LogP contribution in [0.15, 0.2) is 36.7 Å². The van der Waals surface area contributed by atoms with Crippen molar-refractivity contribution in [3.05, 3.63) is 48.0 Å². The molecule has 19 heavy (non-hydrogen) atoms. The zero-order valence-electron chi connectivity index (χ0n) is 10.9. The van der Waals surface area contributed by atoms with E-state index in [1.54, 1.807) is 12.1 Å². The highest BCUT2D eigenvalue weighted by atomic mass is 19.1. The fourth-order valence-corrected chi connectivity index (χ4v) is 1.79. The van der Waals surface area contributed by atoms with Crippen LogP contribution in [0.2, 0.25) is 0 Å². The van der Waals surface area contributed by atoms with E-state index in [2.05, 4.69) is 10.6 Å². The lowest BCUT2D eigenvalue weighted by Gasteiger charge is -2.09. The maximum atomic E-state index is 13.5. The number of hydrogen-bond acceptors (Lipinski definition) is 2. The van der Waals surface area contributed by atoms with Gasteiger partial charge >= 0.3 is 0 Å². The normalized spacial score (nSPS) is 10.3. The summed E-state index contributed by atoms with van der Waals surface area (Å²) < 4.78 is 15.4. The number of carbonyl (C=O) groups is 1. The zero-order valence-corrected chi connectivity index (χ0v) is 10.9. The first-order valence-corrected chi connectivity index (χ1v) is 5.96. The van der Waals surface area contributed by atoms with Crippen molar-refractivity contribution in [2.75, 3.05) is 10.6 Å². The summed E-state index contributed by atoms with van der Waals surface area (Å²) in [6.07, 6.45) is 3.97. The Kier molecular flexibility index (Phi) is 3.85. The molecule has 0 aliphatic rings. The molecule has 1 amide bonds. The molecule has 100 valence electrons. The Morgan fingerprint density at radius 3 is 2.79 bits per heavy atom. The number of nitrogens with one attached hydrogen (secondary N) is 2. The monoisotopic (exact) mass is 261 g/mol. The molecule has 1 aromatic heterocycles. The summed E-state index contributed by atoms with van der Waals surface area (Å²) in [6, 6.07) is 6.56. The molecule has 0 atom stereocenters. The number of amides is 1. The van der Waals surface area contributed by atoms with Gasteiger partial charge in [-0.15, -0.1) is 0 Å². The number of aromatic nitrogens is 1. The largest absolute Gasteiger partial charge is 0.381 e. The van der Waals surface area contributed by atoms with E-state index in [1.807, 2.05) is 30.1 Å². The van der Waals surface area contributed by atoms with Crippen LogP contribution in [0.5, 0.6) is 0 Å². The number of hydrogen-bond donors (Lipinski definition) is 2. The molecule has 4 nitrogen and oxygen atoms in total. The lowest BCUT2D eigenvalue weighted by molar-refractivity contribution is -0.114. The van der Waals surface area contributed by atoms with Crippen molar-refractivity contribution in [3.8, 4) is 0 Å². The van der Waals surface area contributed by atoms with Crippen molar-refractivity contribution >= 4 is 17.3 Å². The van der Waals surface area contributed by atoms with E-state index in [4.69, 9.17) is 0 Å². The molecular weight excluding hydrogens is 245 g/mol. The van der Waals surface area contributed by atoms with Crippen molar-refractivity contribution < 1.29 is 9.18 Å². The average Bonchev–Trinajstić information content (AvgIpc) is 2.75.